The molecule has 2 heterocycles. The van der Waals surface area contributed by atoms with Gasteiger partial charge in [0, 0.05) is 0 Å². The highest BCUT2D eigenvalue weighted by molar-refractivity contribution is 5.55. The zero-order valence-electron chi connectivity index (χ0n) is 15.4. The van der Waals surface area contributed by atoms with Crippen LogP contribution in [0, 0.1) is 11.8 Å². The van der Waals surface area contributed by atoms with Gasteiger partial charge in [0.05, 0.1) is 7.11 Å². The molecule has 4 rings (SSSR count). The highest BCUT2D eigenvalue weighted by Gasteiger charge is 2.22. The van der Waals surface area contributed by atoms with Crippen LogP contribution in [0.15, 0.2) is 30.3 Å². The summed E-state index contributed by atoms with van der Waals surface area (Å²) in [5, 5.41) is 0. The minimum absolute atomic E-state index is 0.255. The van der Waals surface area contributed by atoms with Gasteiger partial charge in [0.2, 0.25) is 19.3 Å². The first-order valence-corrected chi connectivity index (χ1v) is 8.99. The van der Waals surface area contributed by atoms with Gasteiger partial charge in [-0.05, 0) is 60.1 Å². The SMILES string of the molecule is COc1cc(C[C@@H](C)[C@H](C)Cc2ccc3c(c2)OCO3)cc2c1OCO2. The van der Waals surface area contributed by atoms with Crippen molar-refractivity contribution in [3.05, 3.63) is 41.5 Å². The first kappa shape index (κ1) is 16.9. The van der Waals surface area contributed by atoms with Crippen molar-refractivity contribution in [2.45, 2.75) is 26.7 Å². The van der Waals surface area contributed by atoms with Crippen LogP contribution in [0.3, 0.4) is 0 Å². The molecule has 0 aromatic heterocycles. The van der Waals surface area contributed by atoms with Crippen LogP contribution in [0.25, 0.3) is 0 Å². The molecule has 138 valence electrons. The van der Waals surface area contributed by atoms with Crippen LogP contribution in [0.1, 0.15) is 25.0 Å². The molecule has 2 atom stereocenters. The average molecular weight is 356 g/mol. The number of methoxy groups -OCH3 is 1. The molecule has 0 spiro atoms. The Morgan fingerprint density at radius 1 is 0.808 bits per heavy atom. The van der Waals surface area contributed by atoms with Crippen LogP contribution >= 0.6 is 0 Å². The third-order valence-electron chi connectivity index (χ3n) is 5.24. The minimum Gasteiger partial charge on any atom is -0.493 e. The van der Waals surface area contributed by atoms with E-state index in [1.807, 2.05) is 6.07 Å². The summed E-state index contributed by atoms with van der Waals surface area (Å²) in [4.78, 5) is 0. The molecule has 2 aromatic rings. The molecular formula is C21H24O5. The molecule has 5 heteroatoms. The molecule has 0 radical (unpaired) electrons. The second kappa shape index (κ2) is 6.98. The third kappa shape index (κ3) is 3.26. The second-order valence-electron chi connectivity index (χ2n) is 7.08. The van der Waals surface area contributed by atoms with Crippen molar-refractivity contribution >= 4 is 0 Å². The lowest BCUT2D eigenvalue weighted by molar-refractivity contribution is 0.171. The van der Waals surface area contributed by atoms with Gasteiger partial charge < -0.3 is 23.7 Å². The van der Waals surface area contributed by atoms with Gasteiger partial charge in [-0.3, -0.25) is 0 Å². The molecule has 2 aromatic carbocycles. The zero-order chi connectivity index (χ0) is 18.1. The molecule has 0 saturated carbocycles. The summed E-state index contributed by atoms with van der Waals surface area (Å²) in [6, 6.07) is 10.3. The highest BCUT2D eigenvalue weighted by atomic mass is 16.7. The van der Waals surface area contributed by atoms with E-state index in [0.29, 0.717) is 24.4 Å². The maximum Gasteiger partial charge on any atom is 0.231 e. The summed E-state index contributed by atoms with van der Waals surface area (Å²) in [6.07, 6.45) is 1.96. The van der Waals surface area contributed by atoms with E-state index in [0.717, 1.165) is 35.8 Å². The third-order valence-corrected chi connectivity index (χ3v) is 5.24. The fraction of sp³-hybridized carbons (Fsp3) is 0.429. The lowest BCUT2D eigenvalue weighted by Crippen LogP contribution is -2.13. The van der Waals surface area contributed by atoms with Crippen molar-refractivity contribution < 1.29 is 23.7 Å². The second-order valence-corrected chi connectivity index (χ2v) is 7.08. The smallest absolute Gasteiger partial charge is 0.231 e. The van der Waals surface area contributed by atoms with Crippen LogP contribution in [0.5, 0.6) is 28.7 Å². The zero-order valence-corrected chi connectivity index (χ0v) is 15.4. The number of ether oxygens (including phenoxy) is 5. The van der Waals surface area contributed by atoms with Crippen molar-refractivity contribution in [2.75, 3.05) is 20.7 Å². The van der Waals surface area contributed by atoms with E-state index in [1.165, 1.54) is 11.1 Å². The Kier molecular flexibility index (Phi) is 4.53. The Labute approximate surface area is 153 Å². The Hall–Kier alpha value is -2.56. The van der Waals surface area contributed by atoms with Crippen molar-refractivity contribution in [1.82, 2.24) is 0 Å². The maximum atomic E-state index is 5.53. The van der Waals surface area contributed by atoms with Crippen LogP contribution in [-0.4, -0.2) is 20.7 Å². The highest BCUT2D eigenvalue weighted by Crippen LogP contribution is 2.42. The molecule has 26 heavy (non-hydrogen) atoms. The van der Waals surface area contributed by atoms with Gasteiger partial charge in [0.15, 0.2) is 23.0 Å². The van der Waals surface area contributed by atoms with Crippen LogP contribution in [0.2, 0.25) is 0 Å². The van der Waals surface area contributed by atoms with Gasteiger partial charge in [-0.15, -0.1) is 0 Å². The summed E-state index contributed by atoms with van der Waals surface area (Å²) < 4.78 is 27.3. The molecule has 0 bridgehead atoms. The van der Waals surface area contributed by atoms with Crippen LogP contribution in [0.4, 0.5) is 0 Å². The van der Waals surface area contributed by atoms with E-state index in [9.17, 15) is 0 Å². The van der Waals surface area contributed by atoms with E-state index in [1.54, 1.807) is 7.11 Å². The van der Waals surface area contributed by atoms with Crippen molar-refractivity contribution in [1.29, 1.82) is 0 Å². The van der Waals surface area contributed by atoms with Crippen molar-refractivity contribution in [3.8, 4) is 28.7 Å². The Morgan fingerprint density at radius 2 is 1.46 bits per heavy atom. The summed E-state index contributed by atoms with van der Waals surface area (Å²) in [5.74, 6) is 4.93. The molecule has 0 fully saturated rings. The van der Waals surface area contributed by atoms with Gasteiger partial charge in [0.1, 0.15) is 0 Å². The minimum atomic E-state index is 0.255. The standard InChI is InChI=1S/C21H24O5/c1-13(6-15-4-5-17-18(8-15)24-11-23-17)14(2)7-16-9-19(22-3)21-20(10-16)25-12-26-21/h4-5,8-10,13-14H,6-7,11-12H2,1-3H3/t13-,14-/m1/s1. The van der Waals surface area contributed by atoms with E-state index in [-0.39, 0.29) is 6.79 Å². The monoisotopic (exact) mass is 356 g/mol. The quantitative estimate of drug-likeness (QED) is 0.776. The molecule has 0 aliphatic carbocycles. The van der Waals surface area contributed by atoms with Crippen LogP contribution in [-0.2, 0) is 12.8 Å². The average Bonchev–Trinajstić information content (AvgIpc) is 3.29. The van der Waals surface area contributed by atoms with E-state index in [4.69, 9.17) is 23.7 Å². The van der Waals surface area contributed by atoms with Gasteiger partial charge in [-0.1, -0.05) is 19.9 Å². The number of hydrogen-bond donors (Lipinski definition) is 0. The van der Waals surface area contributed by atoms with Gasteiger partial charge >= 0.3 is 0 Å². The molecule has 0 amide bonds. The first-order valence-electron chi connectivity index (χ1n) is 8.99. The summed E-state index contributed by atoms with van der Waals surface area (Å²) in [5.41, 5.74) is 2.48. The molecule has 2 aliphatic rings. The Morgan fingerprint density at radius 3 is 2.27 bits per heavy atom. The van der Waals surface area contributed by atoms with E-state index >= 15 is 0 Å². The molecule has 0 unspecified atom stereocenters. The van der Waals surface area contributed by atoms with Crippen molar-refractivity contribution in [3.63, 3.8) is 0 Å². The van der Waals surface area contributed by atoms with Crippen molar-refractivity contribution in [2.24, 2.45) is 11.8 Å². The molecule has 0 N–H and O–H groups in total. The summed E-state index contributed by atoms with van der Waals surface area (Å²) in [7, 11) is 1.66. The fourth-order valence-corrected chi connectivity index (χ4v) is 3.52. The number of fused-ring (bicyclic) bond motifs is 2. The summed E-state index contributed by atoms with van der Waals surface area (Å²) >= 11 is 0. The van der Waals surface area contributed by atoms with Gasteiger partial charge in [0.25, 0.3) is 0 Å². The fourth-order valence-electron chi connectivity index (χ4n) is 3.52. The summed E-state index contributed by atoms with van der Waals surface area (Å²) in [6.45, 7) is 5.15. The predicted octanol–water partition coefficient (Wildman–Crippen LogP) is 4.21. The number of benzene rings is 2. The Bertz CT molecular complexity index is 801. The first-order chi connectivity index (χ1) is 12.6. The van der Waals surface area contributed by atoms with Gasteiger partial charge in [-0.2, -0.15) is 0 Å². The largest absolute Gasteiger partial charge is 0.493 e. The predicted molar refractivity (Wildman–Crippen MR) is 97.4 cm³/mol. The lowest BCUT2D eigenvalue weighted by atomic mass is 9.85. The number of rotatable bonds is 6. The molecule has 2 aliphatic heterocycles. The maximum absolute atomic E-state index is 5.53. The van der Waals surface area contributed by atoms with Crippen LogP contribution < -0.4 is 23.7 Å². The molecule has 5 nitrogen and oxygen atoms in total. The van der Waals surface area contributed by atoms with Gasteiger partial charge in [-0.25, -0.2) is 0 Å². The number of hydrogen-bond acceptors (Lipinski definition) is 5. The topological polar surface area (TPSA) is 46.2 Å². The lowest BCUT2D eigenvalue weighted by Gasteiger charge is -2.21. The Balaban J connectivity index is 1.44. The van der Waals surface area contributed by atoms with E-state index in [2.05, 4.69) is 38.1 Å². The van der Waals surface area contributed by atoms with E-state index < -0.39 is 0 Å². The molecule has 0 saturated heterocycles. The molecular weight excluding hydrogens is 332 g/mol. The normalized spacial score (nSPS) is 16.4.